The number of rotatable bonds is 9. The molecule has 0 radical (unpaired) electrons. The van der Waals surface area contributed by atoms with Gasteiger partial charge in [-0.2, -0.15) is 0 Å². The molecule has 0 aromatic carbocycles. The maximum Gasteiger partial charge on any atom is 0.333 e. The Morgan fingerprint density at radius 3 is 2.47 bits per heavy atom. The van der Waals surface area contributed by atoms with Gasteiger partial charge in [0.1, 0.15) is 6.61 Å². The van der Waals surface area contributed by atoms with E-state index in [1.807, 2.05) is 0 Å². The second kappa shape index (κ2) is 9.71. The monoisotopic (exact) mass is 214 g/mol. The molecule has 0 saturated carbocycles. The van der Waals surface area contributed by atoms with Crippen LogP contribution in [0.4, 0.5) is 0 Å². The number of hydrogen-bond donors (Lipinski definition) is 0. The second-order valence-corrected chi connectivity index (χ2v) is 3.59. The Morgan fingerprint density at radius 1 is 1.13 bits per heavy atom. The highest BCUT2D eigenvalue weighted by molar-refractivity contribution is 5.86. The quantitative estimate of drug-likeness (QED) is 0.336. The van der Waals surface area contributed by atoms with E-state index in [-0.39, 0.29) is 5.97 Å². The molecule has 0 saturated heterocycles. The molecule has 0 amide bonds. The SMILES string of the molecule is C=C(C)C(=O)OCCOCCCCCC. The van der Waals surface area contributed by atoms with Gasteiger partial charge in [-0.25, -0.2) is 4.79 Å². The second-order valence-electron chi connectivity index (χ2n) is 3.59. The first-order chi connectivity index (χ1) is 7.18. The van der Waals surface area contributed by atoms with Gasteiger partial charge >= 0.3 is 5.97 Å². The Balaban J connectivity index is 3.11. The molecule has 3 nitrogen and oxygen atoms in total. The summed E-state index contributed by atoms with van der Waals surface area (Å²) < 4.78 is 10.2. The lowest BCUT2D eigenvalue weighted by atomic mass is 10.2. The maximum absolute atomic E-state index is 10.9. The lowest BCUT2D eigenvalue weighted by molar-refractivity contribution is -0.140. The summed E-state index contributed by atoms with van der Waals surface area (Å²) in [5.74, 6) is -0.343. The van der Waals surface area contributed by atoms with Crippen LogP contribution in [-0.4, -0.2) is 25.8 Å². The maximum atomic E-state index is 10.9. The van der Waals surface area contributed by atoms with Crippen LogP contribution in [0, 0.1) is 0 Å². The van der Waals surface area contributed by atoms with Gasteiger partial charge in [0.05, 0.1) is 6.61 Å². The minimum Gasteiger partial charge on any atom is -0.460 e. The summed E-state index contributed by atoms with van der Waals surface area (Å²) in [5.41, 5.74) is 0.429. The highest BCUT2D eigenvalue weighted by Crippen LogP contribution is 1.98. The Hall–Kier alpha value is -0.830. The molecule has 0 fully saturated rings. The van der Waals surface area contributed by atoms with E-state index >= 15 is 0 Å². The zero-order valence-corrected chi connectivity index (χ0v) is 9.88. The van der Waals surface area contributed by atoms with Crippen LogP contribution in [0.5, 0.6) is 0 Å². The van der Waals surface area contributed by atoms with E-state index in [9.17, 15) is 4.79 Å². The van der Waals surface area contributed by atoms with Crippen molar-refractivity contribution in [3.63, 3.8) is 0 Å². The minimum absolute atomic E-state index is 0.319. The summed E-state index contributed by atoms with van der Waals surface area (Å²) in [7, 11) is 0. The minimum atomic E-state index is -0.343. The predicted molar refractivity (Wildman–Crippen MR) is 60.7 cm³/mol. The molecule has 88 valence electrons. The number of hydrogen-bond acceptors (Lipinski definition) is 3. The van der Waals surface area contributed by atoms with E-state index in [4.69, 9.17) is 9.47 Å². The van der Waals surface area contributed by atoms with E-state index in [2.05, 4.69) is 13.5 Å². The van der Waals surface area contributed by atoms with Gasteiger partial charge in [0.15, 0.2) is 0 Å². The van der Waals surface area contributed by atoms with E-state index < -0.39 is 0 Å². The Labute approximate surface area is 92.5 Å². The third-order valence-electron chi connectivity index (χ3n) is 1.95. The smallest absolute Gasteiger partial charge is 0.333 e. The van der Waals surface area contributed by atoms with Crippen molar-refractivity contribution in [1.82, 2.24) is 0 Å². The normalized spacial score (nSPS) is 10.0. The number of esters is 1. The summed E-state index contributed by atoms with van der Waals surface area (Å²) in [6, 6.07) is 0. The van der Waals surface area contributed by atoms with Crippen molar-refractivity contribution in [3.05, 3.63) is 12.2 Å². The molecule has 0 bridgehead atoms. The van der Waals surface area contributed by atoms with Crippen LogP contribution in [0.1, 0.15) is 39.5 Å². The summed E-state index contributed by atoms with van der Waals surface area (Å²) in [4.78, 5) is 10.9. The molecule has 0 aromatic heterocycles. The molecule has 0 aromatic rings. The van der Waals surface area contributed by atoms with Gasteiger partial charge in [-0.15, -0.1) is 0 Å². The van der Waals surface area contributed by atoms with E-state index in [1.54, 1.807) is 6.92 Å². The molecule has 0 aliphatic carbocycles. The molecule has 0 heterocycles. The predicted octanol–water partition coefficient (Wildman–Crippen LogP) is 2.70. The van der Waals surface area contributed by atoms with Crippen molar-refractivity contribution < 1.29 is 14.3 Å². The Bertz CT molecular complexity index is 187. The molecular weight excluding hydrogens is 192 g/mol. The molecule has 15 heavy (non-hydrogen) atoms. The summed E-state index contributed by atoms with van der Waals surface area (Å²) >= 11 is 0. The lowest BCUT2D eigenvalue weighted by Crippen LogP contribution is -2.11. The summed E-state index contributed by atoms with van der Waals surface area (Å²) in [5, 5.41) is 0. The van der Waals surface area contributed by atoms with Crippen LogP contribution < -0.4 is 0 Å². The topological polar surface area (TPSA) is 35.5 Å². The molecule has 0 atom stereocenters. The average Bonchev–Trinajstić information content (AvgIpc) is 2.21. The average molecular weight is 214 g/mol. The van der Waals surface area contributed by atoms with Gasteiger partial charge in [-0.3, -0.25) is 0 Å². The summed E-state index contributed by atoms with van der Waals surface area (Å²) in [6.07, 6.45) is 4.79. The molecule has 3 heteroatoms. The first-order valence-electron chi connectivity index (χ1n) is 5.58. The van der Waals surface area contributed by atoms with Crippen LogP contribution in [-0.2, 0) is 14.3 Å². The zero-order chi connectivity index (χ0) is 11.5. The third-order valence-corrected chi connectivity index (χ3v) is 1.95. The number of carbonyl (C=O) groups excluding carboxylic acids is 1. The van der Waals surface area contributed by atoms with Gasteiger partial charge in [0.2, 0.25) is 0 Å². The number of ether oxygens (including phenoxy) is 2. The fourth-order valence-corrected chi connectivity index (χ4v) is 1.05. The fourth-order valence-electron chi connectivity index (χ4n) is 1.05. The van der Waals surface area contributed by atoms with E-state index in [0.29, 0.717) is 18.8 Å². The van der Waals surface area contributed by atoms with Gasteiger partial charge in [-0.1, -0.05) is 32.8 Å². The van der Waals surface area contributed by atoms with Crippen LogP contribution in [0.2, 0.25) is 0 Å². The standard InChI is InChI=1S/C12H22O3/c1-4-5-6-7-8-14-9-10-15-12(13)11(2)3/h2,4-10H2,1,3H3. The third kappa shape index (κ3) is 9.47. The largest absolute Gasteiger partial charge is 0.460 e. The molecule has 0 N–H and O–H groups in total. The van der Waals surface area contributed by atoms with Gasteiger partial charge in [0.25, 0.3) is 0 Å². The fraction of sp³-hybridized carbons (Fsp3) is 0.750. The highest BCUT2D eigenvalue weighted by atomic mass is 16.6. The van der Waals surface area contributed by atoms with Crippen molar-refractivity contribution in [2.75, 3.05) is 19.8 Å². The van der Waals surface area contributed by atoms with E-state index in [1.165, 1.54) is 19.3 Å². The molecule has 0 aliphatic rings. The molecule has 0 rings (SSSR count). The molecule has 0 unspecified atom stereocenters. The van der Waals surface area contributed by atoms with Crippen LogP contribution >= 0.6 is 0 Å². The molecule has 0 aliphatic heterocycles. The van der Waals surface area contributed by atoms with E-state index in [0.717, 1.165) is 13.0 Å². The van der Waals surface area contributed by atoms with Crippen molar-refractivity contribution >= 4 is 5.97 Å². The van der Waals surface area contributed by atoms with Gasteiger partial charge < -0.3 is 9.47 Å². The number of carbonyl (C=O) groups is 1. The summed E-state index contributed by atoms with van der Waals surface area (Å²) in [6.45, 7) is 8.85. The lowest BCUT2D eigenvalue weighted by Gasteiger charge is -2.05. The van der Waals surface area contributed by atoms with Crippen LogP contribution in [0.25, 0.3) is 0 Å². The zero-order valence-electron chi connectivity index (χ0n) is 9.88. The van der Waals surface area contributed by atoms with Gasteiger partial charge in [-0.05, 0) is 13.3 Å². The highest BCUT2D eigenvalue weighted by Gasteiger charge is 2.01. The Morgan fingerprint density at radius 2 is 1.87 bits per heavy atom. The van der Waals surface area contributed by atoms with Crippen LogP contribution in [0.3, 0.4) is 0 Å². The van der Waals surface area contributed by atoms with Crippen LogP contribution in [0.15, 0.2) is 12.2 Å². The molecular formula is C12H22O3. The van der Waals surface area contributed by atoms with Crippen molar-refractivity contribution in [2.45, 2.75) is 39.5 Å². The van der Waals surface area contributed by atoms with Crippen molar-refractivity contribution in [2.24, 2.45) is 0 Å². The van der Waals surface area contributed by atoms with Crippen molar-refractivity contribution in [1.29, 1.82) is 0 Å². The van der Waals surface area contributed by atoms with Gasteiger partial charge in [0, 0.05) is 12.2 Å². The van der Waals surface area contributed by atoms with Crippen molar-refractivity contribution in [3.8, 4) is 0 Å². The first-order valence-corrected chi connectivity index (χ1v) is 5.58. The first kappa shape index (κ1) is 14.2. The molecule has 0 spiro atoms. The number of unbranched alkanes of at least 4 members (excludes halogenated alkanes) is 3. The Kier molecular flexibility index (Phi) is 9.18.